The molecule has 2 aliphatic rings. The van der Waals surface area contributed by atoms with Crippen molar-refractivity contribution in [2.45, 2.75) is 49.5 Å². The maximum Gasteiger partial charge on any atom is 0.417 e. The molecule has 0 N–H and O–H groups in total. The molecule has 2 aliphatic heterocycles. The molecule has 234 valence electrons. The first-order chi connectivity index (χ1) is 21.4. The molecule has 4 aromatic rings. The molecule has 0 unspecified atom stereocenters. The van der Waals surface area contributed by atoms with Crippen LogP contribution in [-0.4, -0.2) is 56.3 Å². The number of nitrogens with zero attached hydrogens (tertiary/aromatic N) is 5. The third-order valence-electron chi connectivity index (χ3n) is 8.31. The Morgan fingerprint density at radius 3 is 2.33 bits per heavy atom. The third-order valence-corrected chi connectivity index (χ3v) is 9.57. The number of pyridine rings is 1. The van der Waals surface area contributed by atoms with Crippen LogP contribution in [0, 0.1) is 11.6 Å². The van der Waals surface area contributed by atoms with Crippen LogP contribution in [-0.2, 0) is 17.5 Å². The molecule has 1 saturated heterocycles. The van der Waals surface area contributed by atoms with E-state index in [1.165, 1.54) is 35.0 Å². The number of piperazine rings is 1. The van der Waals surface area contributed by atoms with E-state index in [0.29, 0.717) is 5.56 Å². The van der Waals surface area contributed by atoms with Gasteiger partial charge in [-0.3, -0.25) is 14.3 Å². The van der Waals surface area contributed by atoms with Crippen molar-refractivity contribution in [1.82, 2.24) is 19.4 Å². The quantitative estimate of drug-likeness (QED) is 0.194. The molecule has 2 aromatic heterocycles. The predicted molar refractivity (Wildman–Crippen MR) is 162 cm³/mol. The van der Waals surface area contributed by atoms with Crippen LogP contribution in [0.4, 0.5) is 27.8 Å². The van der Waals surface area contributed by atoms with Crippen molar-refractivity contribution in [2.75, 3.05) is 23.7 Å². The number of carbonyl (C=O) groups excluding carboxylic acids is 1. The third kappa shape index (κ3) is 5.58. The van der Waals surface area contributed by atoms with Crippen LogP contribution < -0.4 is 10.6 Å². The minimum atomic E-state index is -4.82. The number of hydrogen-bond donors (Lipinski definition) is 0. The van der Waals surface area contributed by atoms with Crippen LogP contribution in [0.1, 0.15) is 30.9 Å². The van der Waals surface area contributed by atoms with E-state index in [0.717, 1.165) is 36.2 Å². The molecule has 0 radical (unpaired) electrons. The van der Waals surface area contributed by atoms with Gasteiger partial charge in [-0.2, -0.15) is 18.2 Å². The Kier molecular flexibility index (Phi) is 7.92. The zero-order valence-corrected chi connectivity index (χ0v) is 25.1. The lowest BCUT2D eigenvalue weighted by molar-refractivity contribution is -0.137. The molecule has 6 rings (SSSR count). The molecule has 3 atom stereocenters. The van der Waals surface area contributed by atoms with Crippen LogP contribution in [0.15, 0.2) is 71.1 Å². The highest BCUT2D eigenvalue weighted by Crippen LogP contribution is 2.49. The second kappa shape index (κ2) is 11.6. The number of aromatic nitrogens is 3. The van der Waals surface area contributed by atoms with Crippen molar-refractivity contribution in [3.63, 3.8) is 0 Å². The Hall–Kier alpha value is -4.26. The van der Waals surface area contributed by atoms with Gasteiger partial charge in [-0.15, -0.1) is 11.8 Å². The number of rotatable bonds is 4. The van der Waals surface area contributed by atoms with Gasteiger partial charge < -0.3 is 9.80 Å². The zero-order chi connectivity index (χ0) is 32.2. The molecule has 0 aliphatic carbocycles. The molecule has 2 aromatic carbocycles. The first-order valence-corrected chi connectivity index (χ1v) is 15.2. The number of carbonyl (C=O) groups is 1. The number of hydrogen-bond acceptors (Lipinski definition) is 6. The Balaban J connectivity index is 1.63. The molecule has 0 spiro atoms. The first-order valence-electron chi connectivity index (χ1n) is 14.2. The number of benzene rings is 2. The number of thioether (sulfide) groups is 1. The SMILES string of the molecule is C=CC(=O)N1[C@H](C)CN(c2nc(=O)n3c4c(c(-c5ccc(F)cc5)c(C(F)(F)F)cc24)SC[C@@H](c2cncc(F)c2)C3)C[C@@H]1C. The van der Waals surface area contributed by atoms with Crippen LogP contribution in [0.2, 0.25) is 0 Å². The van der Waals surface area contributed by atoms with Crippen LogP contribution in [0.3, 0.4) is 0 Å². The lowest BCUT2D eigenvalue weighted by Crippen LogP contribution is -2.58. The maximum atomic E-state index is 14.9. The average Bonchev–Trinajstić information content (AvgIpc) is 3.19. The standard InChI is InChI=1S/C32H28F5N5O2S/c1-4-26(43)42-17(2)13-40(14-18(42)3)30-24-10-25(32(35,36)37)27(19-5-7-22(33)8-6-19)29-28(24)41(31(44)39-30)15-21(16-45-29)20-9-23(34)12-38-11-20/h4-12,17-18,21H,1,13-16H2,2-3H3/t17-,18+,21-/m0/s1. The van der Waals surface area contributed by atoms with Gasteiger partial charge in [0.1, 0.15) is 17.5 Å². The molecule has 7 nitrogen and oxygen atoms in total. The first kappa shape index (κ1) is 30.8. The molecule has 0 saturated carbocycles. The van der Waals surface area contributed by atoms with E-state index in [1.807, 2.05) is 13.8 Å². The minimum Gasteiger partial charge on any atom is -0.352 e. The molecular weight excluding hydrogens is 613 g/mol. The average molecular weight is 642 g/mol. The summed E-state index contributed by atoms with van der Waals surface area (Å²) in [6, 6.07) is 6.35. The fourth-order valence-electron chi connectivity index (χ4n) is 6.42. The Morgan fingerprint density at radius 1 is 1.02 bits per heavy atom. The van der Waals surface area contributed by atoms with Gasteiger partial charge in [0.2, 0.25) is 5.91 Å². The summed E-state index contributed by atoms with van der Waals surface area (Å²) in [5.41, 5.74) is -0.916. The Morgan fingerprint density at radius 2 is 1.71 bits per heavy atom. The van der Waals surface area contributed by atoms with Gasteiger partial charge in [0, 0.05) is 65.4 Å². The van der Waals surface area contributed by atoms with Crippen molar-refractivity contribution in [3.05, 3.63) is 94.7 Å². The second-order valence-electron chi connectivity index (χ2n) is 11.4. The van der Waals surface area contributed by atoms with Gasteiger partial charge in [0.15, 0.2) is 0 Å². The molecule has 45 heavy (non-hydrogen) atoms. The van der Waals surface area contributed by atoms with Crippen molar-refractivity contribution in [1.29, 1.82) is 0 Å². The molecule has 4 heterocycles. The fourth-order valence-corrected chi connectivity index (χ4v) is 7.81. The van der Waals surface area contributed by atoms with Crippen molar-refractivity contribution in [3.8, 4) is 11.1 Å². The summed E-state index contributed by atoms with van der Waals surface area (Å²) in [6.45, 7) is 7.66. The maximum absolute atomic E-state index is 14.9. The number of alkyl halides is 3. The van der Waals surface area contributed by atoms with Crippen molar-refractivity contribution < 1.29 is 26.7 Å². The number of anilines is 1. The van der Waals surface area contributed by atoms with Gasteiger partial charge in [-0.25, -0.2) is 13.6 Å². The fraction of sp³-hybridized carbons (Fsp3) is 0.312. The topological polar surface area (TPSA) is 71.3 Å². The molecule has 1 amide bonds. The predicted octanol–water partition coefficient (Wildman–Crippen LogP) is 6.26. The highest BCUT2D eigenvalue weighted by atomic mass is 32.2. The monoisotopic (exact) mass is 641 g/mol. The van der Waals surface area contributed by atoms with Crippen LogP contribution in [0.5, 0.6) is 0 Å². The zero-order valence-electron chi connectivity index (χ0n) is 24.3. The summed E-state index contributed by atoms with van der Waals surface area (Å²) in [6.07, 6.45) is -1.08. The van der Waals surface area contributed by atoms with E-state index < -0.39 is 35.0 Å². The number of halogens is 5. The smallest absolute Gasteiger partial charge is 0.352 e. The van der Waals surface area contributed by atoms with Crippen LogP contribution >= 0.6 is 11.8 Å². The van der Waals surface area contributed by atoms with Gasteiger partial charge in [0.25, 0.3) is 0 Å². The molecule has 13 heteroatoms. The summed E-state index contributed by atoms with van der Waals surface area (Å²) < 4.78 is 74.2. The van der Waals surface area contributed by atoms with Crippen LogP contribution in [0.25, 0.3) is 22.0 Å². The van der Waals surface area contributed by atoms with Crippen molar-refractivity contribution >= 4 is 34.4 Å². The van der Waals surface area contributed by atoms with Gasteiger partial charge >= 0.3 is 11.9 Å². The summed E-state index contributed by atoms with van der Waals surface area (Å²) in [7, 11) is 0. The lowest BCUT2D eigenvalue weighted by atomic mass is 9.95. The highest BCUT2D eigenvalue weighted by Gasteiger charge is 2.40. The molecule has 1 fully saturated rings. The summed E-state index contributed by atoms with van der Waals surface area (Å²) >= 11 is 1.13. The highest BCUT2D eigenvalue weighted by molar-refractivity contribution is 7.99. The summed E-state index contributed by atoms with van der Waals surface area (Å²) in [5.74, 6) is -1.64. The van der Waals surface area contributed by atoms with Gasteiger partial charge in [0.05, 0.1) is 17.3 Å². The van der Waals surface area contributed by atoms with E-state index in [-0.39, 0.29) is 76.1 Å². The van der Waals surface area contributed by atoms with E-state index >= 15 is 0 Å². The molecular formula is C32H28F5N5O2S. The van der Waals surface area contributed by atoms with E-state index in [4.69, 9.17) is 0 Å². The van der Waals surface area contributed by atoms with Gasteiger partial charge in [-0.05, 0) is 55.3 Å². The Labute approximate surface area is 259 Å². The van der Waals surface area contributed by atoms with Crippen molar-refractivity contribution in [2.24, 2.45) is 0 Å². The molecule has 0 bridgehead atoms. The summed E-state index contributed by atoms with van der Waals surface area (Å²) in [4.78, 5) is 38.2. The minimum absolute atomic E-state index is 0.0242. The van der Waals surface area contributed by atoms with E-state index in [9.17, 15) is 31.5 Å². The second-order valence-corrected chi connectivity index (χ2v) is 12.4. The van der Waals surface area contributed by atoms with E-state index in [2.05, 4.69) is 16.5 Å². The Bertz CT molecular complexity index is 1870. The normalized spacial score (nSPS) is 20.3. The van der Waals surface area contributed by atoms with E-state index in [1.54, 1.807) is 9.80 Å². The lowest BCUT2D eigenvalue weighted by Gasteiger charge is -2.44. The summed E-state index contributed by atoms with van der Waals surface area (Å²) in [5, 5.41) is 0.121. The number of amides is 1. The van der Waals surface area contributed by atoms with Gasteiger partial charge in [-0.1, -0.05) is 18.7 Å². The largest absolute Gasteiger partial charge is 0.417 e.